The molecule has 0 aliphatic carbocycles. The first-order valence-corrected chi connectivity index (χ1v) is 26.2. The lowest BCUT2D eigenvalue weighted by Gasteiger charge is -2.28. The van der Waals surface area contributed by atoms with Gasteiger partial charge in [-0.3, -0.25) is 14.2 Å². The molecule has 0 aromatic rings. The fourth-order valence-electron chi connectivity index (χ4n) is 6.85. The number of likely N-dealkylation sites (N-methyl/N-ethyl adjacent to an activating group) is 1. The Kier molecular flexibility index (Phi) is 41.3. The van der Waals surface area contributed by atoms with Gasteiger partial charge in [0.25, 0.3) is 7.82 Å². The molecule has 2 atom stereocenters. The van der Waals surface area contributed by atoms with Gasteiger partial charge in [0.2, 0.25) is 0 Å². The number of phosphoric ester groups is 1. The predicted octanol–water partition coefficient (Wildman–Crippen LogP) is 13.8. The number of carbonyl (C=O) groups excluding carboxylic acids is 2. The van der Waals surface area contributed by atoms with Gasteiger partial charge >= 0.3 is 11.9 Å². The standard InChI is InChI=1S/C50H94NO8P/c1-6-8-10-12-14-16-18-20-22-23-24-25-26-27-29-30-32-34-36-38-40-42-49(52)56-46-48(47-58-60(54,55)57-45-44-51(3,4)5)59-50(53)43-41-39-37-35-33-31-28-21-19-17-15-13-11-9-7-2/h9,11,15,17,21,28,48H,6-8,10,12-14,16,18-20,22-27,29-47H2,1-5H3/b11-9+,17-15+,28-21+/t48-/m0/s1. The summed E-state index contributed by atoms with van der Waals surface area (Å²) in [5, 5.41) is 0. The molecule has 0 heterocycles. The van der Waals surface area contributed by atoms with Gasteiger partial charge in [-0.25, -0.2) is 0 Å². The third-order valence-electron chi connectivity index (χ3n) is 10.7. The highest BCUT2D eigenvalue weighted by Crippen LogP contribution is 2.38. The van der Waals surface area contributed by atoms with Gasteiger partial charge in [0, 0.05) is 12.8 Å². The first-order chi connectivity index (χ1) is 29.0. The number of quaternary nitrogens is 1. The third-order valence-corrected chi connectivity index (χ3v) is 11.6. The van der Waals surface area contributed by atoms with Crippen LogP contribution in [0.25, 0.3) is 0 Å². The summed E-state index contributed by atoms with van der Waals surface area (Å²) < 4.78 is 34.0. The fourth-order valence-corrected chi connectivity index (χ4v) is 7.58. The van der Waals surface area contributed by atoms with E-state index < -0.39 is 26.5 Å². The number of allylic oxidation sites excluding steroid dienone is 6. The highest BCUT2D eigenvalue weighted by molar-refractivity contribution is 7.45. The van der Waals surface area contributed by atoms with E-state index in [1.54, 1.807) is 0 Å². The first-order valence-electron chi connectivity index (χ1n) is 24.7. The minimum absolute atomic E-state index is 0.0337. The molecule has 0 aliphatic rings. The van der Waals surface area contributed by atoms with Crippen LogP contribution in [0.1, 0.15) is 219 Å². The van der Waals surface area contributed by atoms with E-state index in [0.717, 1.165) is 70.6 Å². The van der Waals surface area contributed by atoms with Crippen LogP contribution in [-0.4, -0.2) is 70.0 Å². The number of hydrogen-bond donors (Lipinski definition) is 0. The number of unbranched alkanes of at least 4 members (excludes halogenated alkanes) is 25. The quantitative estimate of drug-likeness (QED) is 0.0196. The predicted molar refractivity (Wildman–Crippen MR) is 250 cm³/mol. The zero-order chi connectivity index (χ0) is 44.3. The highest BCUT2D eigenvalue weighted by atomic mass is 31.2. The highest BCUT2D eigenvalue weighted by Gasteiger charge is 2.21. The molecule has 60 heavy (non-hydrogen) atoms. The van der Waals surface area contributed by atoms with Crippen LogP contribution in [0.15, 0.2) is 36.5 Å². The van der Waals surface area contributed by atoms with E-state index >= 15 is 0 Å². The Bertz CT molecular complexity index is 1120. The molecule has 0 amide bonds. The molecule has 0 aromatic heterocycles. The van der Waals surface area contributed by atoms with Crippen molar-refractivity contribution in [1.82, 2.24) is 0 Å². The van der Waals surface area contributed by atoms with Crippen molar-refractivity contribution in [2.24, 2.45) is 0 Å². The van der Waals surface area contributed by atoms with Crippen LogP contribution in [-0.2, 0) is 32.7 Å². The Morgan fingerprint density at radius 1 is 0.533 bits per heavy atom. The van der Waals surface area contributed by atoms with Crippen molar-refractivity contribution >= 4 is 19.8 Å². The van der Waals surface area contributed by atoms with Crippen LogP contribution in [0.2, 0.25) is 0 Å². The van der Waals surface area contributed by atoms with E-state index in [4.69, 9.17) is 18.5 Å². The molecule has 352 valence electrons. The van der Waals surface area contributed by atoms with Gasteiger partial charge in [-0.1, -0.05) is 198 Å². The van der Waals surface area contributed by atoms with Crippen LogP contribution in [0, 0.1) is 0 Å². The van der Waals surface area contributed by atoms with E-state index in [2.05, 4.69) is 50.3 Å². The Morgan fingerprint density at radius 2 is 0.950 bits per heavy atom. The maximum atomic E-state index is 12.7. The second-order valence-corrected chi connectivity index (χ2v) is 19.2. The molecule has 0 saturated heterocycles. The zero-order valence-electron chi connectivity index (χ0n) is 39.7. The van der Waals surface area contributed by atoms with Crippen LogP contribution in [0.4, 0.5) is 0 Å². The Hall–Kier alpha value is -1.77. The Labute approximate surface area is 370 Å². The van der Waals surface area contributed by atoms with Gasteiger partial charge in [0.05, 0.1) is 27.7 Å². The topological polar surface area (TPSA) is 111 Å². The van der Waals surface area contributed by atoms with E-state index in [1.165, 1.54) is 116 Å². The molecule has 0 N–H and O–H groups in total. The lowest BCUT2D eigenvalue weighted by atomic mass is 10.0. The van der Waals surface area contributed by atoms with Crippen molar-refractivity contribution in [3.8, 4) is 0 Å². The molecule has 0 aromatic carbocycles. The van der Waals surface area contributed by atoms with Crippen LogP contribution in [0.5, 0.6) is 0 Å². The van der Waals surface area contributed by atoms with Crippen LogP contribution in [0.3, 0.4) is 0 Å². The average Bonchev–Trinajstić information content (AvgIpc) is 3.20. The minimum atomic E-state index is -4.63. The van der Waals surface area contributed by atoms with Gasteiger partial charge in [0.1, 0.15) is 19.8 Å². The van der Waals surface area contributed by atoms with Crippen molar-refractivity contribution in [3.05, 3.63) is 36.5 Å². The summed E-state index contributed by atoms with van der Waals surface area (Å²) in [6, 6.07) is 0. The summed E-state index contributed by atoms with van der Waals surface area (Å²) in [4.78, 5) is 37.6. The summed E-state index contributed by atoms with van der Waals surface area (Å²) in [6.45, 7) is 4.12. The number of phosphoric acid groups is 1. The lowest BCUT2D eigenvalue weighted by molar-refractivity contribution is -0.870. The zero-order valence-corrected chi connectivity index (χ0v) is 40.6. The summed E-state index contributed by atoms with van der Waals surface area (Å²) >= 11 is 0. The molecule has 0 radical (unpaired) electrons. The van der Waals surface area contributed by atoms with E-state index in [9.17, 15) is 19.0 Å². The molecule has 10 heteroatoms. The van der Waals surface area contributed by atoms with E-state index in [0.29, 0.717) is 17.4 Å². The number of nitrogens with zero attached hydrogens (tertiary/aromatic N) is 1. The molecule has 1 unspecified atom stereocenters. The Morgan fingerprint density at radius 3 is 1.42 bits per heavy atom. The number of carbonyl (C=O) groups is 2. The van der Waals surface area contributed by atoms with Crippen LogP contribution >= 0.6 is 7.82 Å². The molecule has 0 saturated carbocycles. The number of rotatable bonds is 45. The maximum absolute atomic E-state index is 12.7. The second-order valence-electron chi connectivity index (χ2n) is 17.8. The minimum Gasteiger partial charge on any atom is -0.756 e. The van der Waals surface area contributed by atoms with Crippen molar-refractivity contribution < 1.29 is 42.1 Å². The van der Waals surface area contributed by atoms with Gasteiger partial charge in [-0.15, -0.1) is 0 Å². The summed E-state index contributed by atoms with van der Waals surface area (Å²) in [6.07, 6.45) is 48.9. The smallest absolute Gasteiger partial charge is 0.306 e. The summed E-state index contributed by atoms with van der Waals surface area (Å²) in [5.41, 5.74) is 0. The van der Waals surface area contributed by atoms with Crippen molar-refractivity contribution in [3.63, 3.8) is 0 Å². The summed E-state index contributed by atoms with van der Waals surface area (Å²) in [7, 11) is 1.16. The molecule has 0 rings (SSSR count). The first kappa shape index (κ1) is 58.2. The number of esters is 2. The molecule has 0 spiro atoms. The second kappa shape index (κ2) is 42.5. The number of ether oxygens (including phenoxy) is 2. The SMILES string of the molecule is CC/C=C/C/C=C/C/C=C/CCCCCCCC(=O)O[C@@H](COC(=O)CCCCCCCCCCCCCCCCCCCCCCC)COP(=O)([O-])OCC[N+](C)(C)C. The molecule has 0 bridgehead atoms. The van der Waals surface area contributed by atoms with Crippen LogP contribution < -0.4 is 4.89 Å². The number of hydrogen-bond acceptors (Lipinski definition) is 8. The monoisotopic (exact) mass is 868 g/mol. The lowest BCUT2D eigenvalue weighted by Crippen LogP contribution is -2.37. The fraction of sp³-hybridized carbons (Fsp3) is 0.840. The van der Waals surface area contributed by atoms with Crippen molar-refractivity contribution in [2.75, 3.05) is 47.5 Å². The van der Waals surface area contributed by atoms with Gasteiger partial charge in [0.15, 0.2) is 6.10 Å². The van der Waals surface area contributed by atoms with Crippen molar-refractivity contribution in [2.45, 2.75) is 225 Å². The van der Waals surface area contributed by atoms with E-state index in [1.807, 2.05) is 21.1 Å². The molecular weight excluding hydrogens is 774 g/mol. The van der Waals surface area contributed by atoms with Gasteiger partial charge < -0.3 is 27.9 Å². The maximum Gasteiger partial charge on any atom is 0.306 e. The molecule has 0 aliphatic heterocycles. The Balaban J connectivity index is 4.23. The molecule has 0 fully saturated rings. The van der Waals surface area contributed by atoms with E-state index in [-0.39, 0.29) is 32.0 Å². The average molecular weight is 868 g/mol. The molecule has 9 nitrogen and oxygen atoms in total. The van der Waals surface area contributed by atoms with Gasteiger partial charge in [-0.2, -0.15) is 0 Å². The molecular formula is C50H94NO8P. The normalized spacial score (nSPS) is 13.8. The summed E-state index contributed by atoms with van der Waals surface area (Å²) in [5.74, 6) is -0.846. The largest absolute Gasteiger partial charge is 0.756 e. The van der Waals surface area contributed by atoms with Gasteiger partial charge in [-0.05, 0) is 44.9 Å². The van der Waals surface area contributed by atoms with Crippen molar-refractivity contribution in [1.29, 1.82) is 0 Å². The third kappa shape index (κ3) is 45.7.